The normalized spacial score (nSPS) is 10.7. The Morgan fingerprint density at radius 3 is 2.00 bits per heavy atom. The molecule has 0 atom stereocenters. The minimum absolute atomic E-state index is 0.0104. The van der Waals surface area contributed by atoms with Gasteiger partial charge in [0.05, 0.1) is 31.8 Å². The summed E-state index contributed by atoms with van der Waals surface area (Å²) in [6.45, 7) is 3.29. The molecule has 0 fully saturated rings. The topological polar surface area (TPSA) is 162 Å². The molecule has 220 valence electrons. The summed E-state index contributed by atoms with van der Waals surface area (Å²) < 4.78 is 20.4. The minimum atomic E-state index is -0.969. The molecule has 13 heteroatoms. The fraction of sp³-hybridized carbons (Fsp3) is 0.593. The first kappa shape index (κ1) is 32.2. The number of aromatic nitrogens is 3. The molecule has 40 heavy (non-hydrogen) atoms. The number of nitro groups is 1. The molecular weight excluding hydrogens is 524 g/mol. The van der Waals surface area contributed by atoms with Gasteiger partial charge in [-0.2, -0.15) is 0 Å². The van der Waals surface area contributed by atoms with E-state index in [0.29, 0.717) is 6.42 Å². The lowest BCUT2D eigenvalue weighted by Gasteiger charge is -2.09. The van der Waals surface area contributed by atoms with Gasteiger partial charge in [0.1, 0.15) is 5.56 Å². The number of nitrogens with zero attached hydrogens (tertiary/aromatic N) is 4. The molecular formula is C27H38N4O9. The Balaban J connectivity index is 2.11. The fourth-order valence-electron chi connectivity index (χ4n) is 4.01. The summed E-state index contributed by atoms with van der Waals surface area (Å²) in [4.78, 5) is 49.9. The van der Waals surface area contributed by atoms with E-state index in [9.17, 15) is 24.5 Å². The third-order valence-electron chi connectivity index (χ3n) is 6.11. The molecule has 0 radical (unpaired) electrons. The predicted molar refractivity (Wildman–Crippen MR) is 144 cm³/mol. The van der Waals surface area contributed by atoms with E-state index in [-0.39, 0.29) is 24.5 Å². The minimum Gasteiger partial charge on any atom is -0.493 e. The van der Waals surface area contributed by atoms with E-state index < -0.39 is 52.0 Å². The number of ether oxygens (including phenoxy) is 4. The number of rotatable bonds is 19. The lowest BCUT2D eigenvalue weighted by molar-refractivity contribution is -0.385. The molecule has 0 aliphatic carbocycles. The SMILES string of the molecule is CCCCCCCCCCCC(=O)OCn1nc(C(=O)OCC)c(C(=O)c2cc(OC)c(OC)cc2[N+](=O)[O-])n1. The van der Waals surface area contributed by atoms with E-state index in [2.05, 4.69) is 17.1 Å². The van der Waals surface area contributed by atoms with Crippen molar-refractivity contribution in [2.45, 2.75) is 84.8 Å². The Hall–Kier alpha value is -4.03. The highest BCUT2D eigenvalue weighted by molar-refractivity contribution is 6.14. The number of methoxy groups -OCH3 is 2. The van der Waals surface area contributed by atoms with Crippen molar-refractivity contribution >= 4 is 23.4 Å². The number of hydrogen-bond donors (Lipinski definition) is 0. The maximum absolute atomic E-state index is 13.4. The van der Waals surface area contributed by atoms with Crippen LogP contribution in [0, 0.1) is 10.1 Å². The smallest absolute Gasteiger partial charge is 0.361 e. The number of carbonyl (C=O) groups excluding carboxylic acids is 3. The van der Waals surface area contributed by atoms with Crippen molar-refractivity contribution in [3.8, 4) is 11.5 Å². The Kier molecular flexibility index (Phi) is 13.5. The van der Waals surface area contributed by atoms with Crippen LogP contribution in [0.5, 0.6) is 11.5 Å². The molecule has 0 bridgehead atoms. The van der Waals surface area contributed by atoms with E-state index in [1.807, 2.05) is 0 Å². The highest BCUT2D eigenvalue weighted by atomic mass is 16.6. The van der Waals surface area contributed by atoms with E-state index in [4.69, 9.17) is 18.9 Å². The molecule has 2 aromatic rings. The molecule has 0 aliphatic rings. The van der Waals surface area contributed by atoms with Gasteiger partial charge in [0.2, 0.25) is 18.2 Å². The van der Waals surface area contributed by atoms with Gasteiger partial charge in [-0.15, -0.1) is 15.0 Å². The van der Waals surface area contributed by atoms with Crippen LogP contribution in [0.25, 0.3) is 0 Å². The number of carbonyl (C=O) groups is 3. The molecule has 2 rings (SSSR count). The average Bonchev–Trinajstić information content (AvgIpc) is 3.38. The lowest BCUT2D eigenvalue weighted by atomic mass is 10.0. The van der Waals surface area contributed by atoms with Gasteiger partial charge < -0.3 is 18.9 Å². The lowest BCUT2D eigenvalue weighted by Crippen LogP contribution is -2.14. The third-order valence-corrected chi connectivity index (χ3v) is 6.11. The fourth-order valence-corrected chi connectivity index (χ4v) is 4.01. The van der Waals surface area contributed by atoms with Gasteiger partial charge in [0.15, 0.2) is 17.2 Å². The highest BCUT2D eigenvalue weighted by Crippen LogP contribution is 2.35. The zero-order valence-corrected chi connectivity index (χ0v) is 23.6. The largest absolute Gasteiger partial charge is 0.493 e. The quantitative estimate of drug-likeness (QED) is 0.0741. The van der Waals surface area contributed by atoms with E-state index in [1.54, 1.807) is 6.92 Å². The summed E-state index contributed by atoms with van der Waals surface area (Å²) in [6, 6.07) is 2.16. The molecule has 13 nitrogen and oxygen atoms in total. The van der Waals surface area contributed by atoms with Gasteiger partial charge in [0, 0.05) is 12.5 Å². The molecule has 0 spiro atoms. The van der Waals surface area contributed by atoms with Crippen LogP contribution in [0.1, 0.15) is 105 Å². The maximum Gasteiger partial charge on any atom is 0.361 e. The second kappa shape index (κ2) is 16.8. The average molecular weight is 563 g/mol. The molecule has 0 amide bonds. The highest BCUT2D eigenvalue weighted by Gasteiger charge is 2.32. The Labute approximate surface area is 233 Å². The van der Waals surface area contributed by atoms with Gasteiger partial charge in [0.25, 0.3) is 5.69 Å². The van der Waals surface area contributed by atoms with Crippen molar-refractivity contribution in [2.75, 3.05) is 20.8 Å². The summed E-state index contributed by atoms with van der Waals surface area (Å²) >= 11 is 0. The summed E-state index contributed by atoms with van der Waals surface area (Å²) in [6.07, 6.45) is 10.2. The van der Waals surface area contributed by atoms with Gasteiger partial charge in [-0.1, -0.05) is 58.3 Å². The maximum atomic E-state index is 13.4. The van der Waals surface area contributed by atoms with E-state index >= 15 is 0 Å². The molecule has 0 saturated heterocycles. The first-order valence-electron chi connectivity index (χ1n) is 13.5. The molecule has 1 heterocycles. The van der Waals surface area contributed by atoms with Gasteiger partial charge >= 0.3 is 11.9 Å². The first-order valence-corrected chi connectivity index (χ1v) is 13.5. The standard InChI is InChI=1S/C27H38N4O9/c1-5-7-8-9-10-11-12-13-14-15-23(32)40-18-30-28-24(25(29-30)27(34)39-6-2)26(33)19-16-21(37-3)22(38-4)17-20(19)31(35)36/h16-17H,5-15,18H2,1-4H3. The van der Waals surface area contributed by atoms with Crippen LogP contribution in [-0.2, 0) is 21.0 Å². The van der Waals surface area contributed by atoms with Crippen LogP contribution in [0.2, 0.25) is 0 Å². The van der Waals surface area contributed by atoms with Crippen LogP contribution >= 0.6 is 0 Å². The summed E-state index contributed by atoms with van der Waals surface area (Å²) in [5, 5.41) is 19.6. The Bertz CT molecular complexity index is 1160. The molecule has 1 aromatic heterocycles. The molecule has 0 unspecified atom stereocenters. The Morgan fingerprint density at radius 1 is 0.850 bits per heavy atom. The first-order chi connectivity index (χ1) is 19.3. The van der Waals surface area contributed by atoms with Crippen LogP contribution in [-0.4, -0.2) is 58.5 Å². The number of unbranched alkanes of at least 4 members (excludes halogenated alkanes) is 8. The molecule has 1 aromatic carbocycles. The number of benzene rings is 1. The predicted octanol–water partition coefficient (Wildman–Crippen LogP) is 5.03. The summed E-state index contributed by atoms with van der Waals surface area (Å²) in [5.41, 5.74) is -1.95. The zero-order valence-electron chi connectivity index (χ0n) is 23.6. The molecule has 0 saturated carbocycles. The van der Waals surface area contributed by atoms with Crippen molar-refractivity contribution in [2.24, 2.45) is 0 Å². The number of hydrogen-bond acceptors (Lipinski definition) is 11. The van der Waals surface area contributed by atoms with Gasteiger partial charge in [-0.3, -0.25) is 19.7 Å². The van der Waals surface area contributed by atoms with Crippen molar-refractivity contribution < 1.29 is 38.3 Å². The van der Waals surface area contributed by atoms with Gasteiger partial charge in [-0.25, -0.2) is 4.79 Å². The molecule has 0 aliphatic heterocycles. The Morgan fingerprint density at radius 2 is 1.43 bits per heavy atom. The van der Waals surface area contributed by atoms with Crippen LogP contribution in [0.15, 0.2) is 12.1 Å². The van der Waals surface area contributed by atoms with Crippen molar-refractivity contribution in [3.63, 3.8) is 0 Å². The van der Waals surface area contributed by atoms with Gasteiger partial charge in [-0.05, 0) is 13.3 Å². The summed E-state index contributed by atoms with van der Waals surface area (Å²) in [5.74, 6) is -2.29. The van der Waals surface area contributed by atoms with E-state index in [1.165, 1.54) is 46.3 Å². The monoisotopic (exact) mass is 562 g/mol. The number of nitro benzene ring substituents is 1. The second-order valence-corrected chi connectivity index (χ2v) is 9.02. The summed E-state index contributed by atoms with van der Waals surface area (Å²) in [7, 11) is 2.60. The van der Waals surface area contributed by atoms with Crippen molar-refractivity contribution in [3.05, 3.63) is 39.2 Å². The van der Waals surface area contributed by atoms with E-state index in [0.717, 1.165) is 36.2 Å². The van der Waals surface area contributed by atoms with Crippen molar-refractivity contribution in [1.82, 2.24) is 15.0 Å². The van der Waals surface area contributed by atoms with Crippen molar-refractivity contribution in [1.29, 1.82) is 0 Å². The molecule has 0 N–H and O–H groups in total. The number of ketones is 1. The van der Waals surface area contributed by atoms with Crippen LogP contribution < -0.4 is 9.47 Å². The number of esters is 2. The zero-order chi connectivity index (χ0) is 29.5. The van der Waals surface area contributed by atoms with Crippen LogP contribution in [0.3, 0.4) is 0 Å². The second-order valence-electron chi connectivity index (χ2n) is 9.02. The van der Waals surface area contributed by atoms with Crippen LogP contribution in [0.4, 0.5) is 5.69 Å². The third kappa shape index (κ3) is 9.31.